The first-order valence-corrected chi connectivity index (χ1v) is 8.62. The van der Waals surface area contributed by atoms with Crippen molar-refractivity contribution in [3.63, 3.8) is 0 Å². The van der Waals surface area contributed by atoms with Gasteiger partial charge in [0.15, 0.2) is 0 Å². The Labute approximate surface area is 85.8 Å². The van der Waals surface area contributed by atoms with Crippen molar-refractivity contribution >= 4 is 7.26 Å². The summed E-state index contributed by atoms with van der Waals surface area (Å²) >= 11 is 0. The van der Waals surface area contributed by atoms with Crippen molar-refractivity contribution in [3.8, 4) is 0 Å². The first-order valence-electron chi connectivity index (χ1n) is 6.09. The molecular formula is C12H28P+. The van der Waals surface area contributed by atoms with E-state index in [1.807, 2.05) is 0 Å². The summed E-state index contributed by atoms with van der Waals surface area (Å²) < 4.78 is 0. The van der Waals surface area contributed by atoms with E-state index < -0.39 is 7.26 Å². The maximum absolute atomic E-state index is 2.36. The second-order valence-electron chi connectivity index (χ2n) is 4.24. The molecular weight excluding hydrogens is 175 g/mol. The normalized spacial score (nSPS) is 12.0. The lowest BCUT2D eigenvalue weighted by Crippen LogP contribution is -2.10. The zero-order valence-electron chi connectivity index (χ0n) is 10.1. The Morgan fingerprint density at radius 2 is 0.769 bits per heavy atom. The quantitative estimate of drug-likeness (QED) is 0.504. The van der Waals surface area contributed by atoms with E-state index in [1.165, 1.54) is 25.7 Å². The molecule has 0 rings (SSSR count). The average molecular weight is 203 g/mol. The zero-order valence-corrected chi connectivity index (χ0v) is 11.0. The van der Waals surface area contributed by atoms with Gasteiger partial charge in [0.2, 0.25) is 0 Å². The Morgan fingerprint density at radius 1 is 0.538 bits per heavy atom. The average Bonchev–Trinajstić information content (AvgIpc) is 2.06. The van der Waals surface area contributed by atoms with Crippen LogP contribution in [0.5, 0.6) is 0 Å². The monoisotopic (exact) mass is 203 g/mol. The minimum atomic E-state index is -0.496. The molecule has 13 heavy (non-hydrogen) atoms. The number of hydrogen-bond donors (Lipinski definition) is 0. The van der Waals surface area contributed by atoms with Crippen LogP contribution in [0.25, 0.3) is 0 Å². The highest BCUT2D eigenvalue weighted by molar-refractivity contribution is 7.75. The fraction of sp³-hybridized carbons (Fsp3) is 1.00. The van der Waals surface area contributed by atoms with Crippen LogP contribution in [0.1, 0.15) is 53.4 Å². The van der Waals surface area contributed by atoms with Gasteiger partial charge in [-0.2, -0.15) is 0 Å². The maximum atomic E-state index is 2.36. The Balaban J connectivity index is 4.19. The van der Waals surface area contributed by atoms with E-state index in [-0.39, 0.29) is 0 Å². The fourth-order valence-corrected chi connectivity index (χ4v) is 7.70. The van der Waals surface area contributed by atoms with Crippen LogP contribution in [-0.2, 0) is 0 Å². The van der Waals surface area contributed by atoms with Gasteiger partial charge in [0.1, 0.15) is 0 Å². The van der Waals surface area contributed by atoms with Gasteiger partial charge >= 0.3 is 0 Å². The highest BCUT2D eigenvalue weighted by Crippen LogP contribution is 2.60. The van der Waals surface area contributed by atoms with Crippen LogP contribution in [0, 0.1) is 0 Å². The maximum Gasteiger partial charge on any atom is 0.0591 e. The van der Waals surface area contributed by atoms with Gasteiger partial charge in [0, 0.05) is 7.26 Å². The lowest BCUT2D eigenvalue weighted by Gasteiger charge is -2.26. The molecule has 0 spiro atoms. The summed E-state index contributed by atoms with van der Waals surface area (Å²) in [5.74, 6) is 0. The van der Waals surface area contributed by atoms with Crippen LogP contribution in [0.4, 0.5) is 0 Å². The van der Waals surface area contributed by atoms with Crippen molar-refractivity contribution < 1.29 is 0 Å². The molecule has 0 saturated heterocycles. The second kappa shape index (κ2) is 7.80. The van der Waals surface area contributed by atoms with E-state index in [9.17, 15) is 0 Å². The summed E-state index contributed by atoms with van der Waals surface area (Å²) in [4.78, 5) is 0. The third kappa shape index (κ3) is 5.01. The molecule has 0 unspecified atom stereocenters. The van der Waals surface area contributed by atoms with Crippen LogP contribution in [0.3, 0.4) is 0 Å². The highest BCUT2D eigenvalue weighted by atomic mass is 31.2. The molecule has 0 atom stereocenters. The molecule has 0 bridgehead atoms. The van der Waals surface area contributed by atoms with Crippen molar-refractivity contribution in [3.05, 3.63) is 0 Å². The van der Waals surface area contributed by atoms with Crippen molar-refractivity contribution in [2.45, 2.75) is 53.4 Å². The smallest absolute Gasteiger partial charge is 0.0591 e. The topological polar surface area (TPSA) is 0 Å². The Morgan fingerprint density at radius 3 is 0.923 bits per heavy atom. The van der Waals surface area contributed by atoms with E-state index in [1.54, 1.807) is 24.6 Å². The molecule has 0 aliphatic rings. The molecule has 0 nitrogen and oxygen atoms in total. The van der Waals surface area contributed by atoms with Gasteiger partial charge in [-0.1, -0.05) is 27.7 Å². The minimum Gasteiger partial charge on any atom is -0.0619 e. The number of rotatable bonds is 8. The van der Waals surface area contributed by atoms with Gasteiger partial charge in [0.25, 0.3) is 0 Å². The molecule has 0 aliphatic heterocycles. The molecule has 0 N–H and O–H groups in total. The first-order chi connectivity index (χ1) is 6.24. The van der Waals surface area contributed by atoms with Crippen molar-refractivity contribution in [1.29, 1.82) is 0 Å². The largest absolute Gasteiger partial charge is 0.0619 e. The van der Waals surface area contributed by atoms with Crippen molar-refractivity contribution in [2.75, 3.05) is 24.6 Å². The minimum absolute atomic E-state index is 0.496. The van der Waals surface area contributed by atoms with Gasteiger partial charge in [-0.05, 0) is 25.7 Å². The molecule has 0 amide bonds. The van der Waals surface area contributed by atoms with Gasteiger partial charge in [-0.3, -0.25) is 0 Å². The Hall–Kier alpha value is 0.430. The summed E-state index contributed by atoms with van der Waals surface area (Å²) in [6.07, 6.45) is 11.9. The van der Waals surface area contributed by atoms with Crippen LogP contribution < -0.4 is 0 Å². The summed E-state index contributed by atoms with van der Waals surface area (Å²) in [7, 11) is -0.496. The third-order valence-electron chi connectivity index (χ3n) is 2.79. The summed E-state index contributed by atoms with van der Waals surface area (Å²) in [6, 6.07) is 0. The Bertz CT molecular complexity index is 80.2. The lowest BCUT2D eigenvalue weighted by molar-refractivity contribution is 0.963. The van der Waals surface area contributed by atoms with Gasteiger partial charge in [0.05, 0.1) is 24.6 Å². The molecule has 0 heterocycles. The van der Waals surface area contributed by atoms with Crippen LogP contribution in [0.2, 0.25) is 0 Å². The fourth-order valence-electron chi connectivity index (χ4n) is 2.57. The molecule has 80 valence electrons. The molecule has 0 fully saturated rings. The highest BCUT2D eigenvalue weighted by Gasteiger charge is 2.32. The third-order valence-corrected chi connectivity index (χ3v) is 8.38. The molecule has 0 radical (unpaired) electrons. The van der Waals surface area contributed by atoms with Crippen molar-refractivity contribution in [2.24, 2.45) is 0 Å². The van der Waals surface area contributed by atoms with E-state index in [0.29, 0.717) is 0 Å². The van der Waals surface area contributed by atoms with Crippen LogP contribution >= 0.6 is 7.26 Å². The second-order valence-corrected chi connectivity index (χ2v) is 8.71. The standard InChI is InChI=1S/C12H28P/c1-5-9-13(10-6-2,11-7-3)12-8-4/h5-12H2,1-4H3/q+1. The van der Waals surface area contributed by atoms with Crippen molar-refractivity contribution in [1.82, 2.24) is 0 Å². The molecule has 0 aromatic rings. The number of hydrogen-bond acceptors (Lipinski definition) is 0. The summed E-state index contributed by atoms with van der Waals surface area (Å²) in [5, 5.41) is 0. The van der Waals surface area contributed by atoms with Gasteiger partial charge < -0.3 is 0 Å². The van der Waals surface area contributed by atoms with Gasteiger partial charge in [-0.25, -0.2) is 0 Å². The lowest BCUT2D eigenvalue weighted by atomic mass is 10.5. The molecule has 0 saturated carbocycles. The van der Waals surface area contributed by atoms with Gasteiger partial charge in [-0.15, -0.1) is 0 Å². The Kier molecular flexibility index (Phi) is 8.06. The molecule has 0 aromatic carbocycles. The SMILES string of the molecule is CCC[P+](CCC)(CCC)CCC. The zero-order chi connectivity index (χ0) is 10.2. The van der Waals surface area contributed by atoms with E-state index in [2.05, 4.69) is 27.7 Å². The van der Waals surface area contributed by atoms with Crippen LogP contribution in [-0.4, -0.2) is 24.6 Å². The van der Waals surface area contributed by atoms with E-state index in [4.69, 9.17) is 0 Å². The molecule has 1 heteroatoms. The van der Waals surface area contributed by atoms with E-state index >= 15 is 0 Å². The van der Waals surface area contributed by atoms with Crippen LogP contribution in [0.15, 0.2) is 0 Å². The molecule has 0 aromatic heterocycles. The predicted octanol–water partition coefficient (Wildman–Crippen LogP) is 4.64. The van der Waals surface area contributed by atoms with E-state index in [0.717, 1.165) is 0 Å². The summed E-state index contributed by atoms with van der Waals surface area (Å²) in [5.41, 5.74) is 0. The summed E-state index contributed by atoms with van der Waals surface area (Å²) in [6.45, 7) is 9.43. The molecule has 0 aliphatic carbocycles. The first kappa shape index (κ1) is 13.4. The predicted molar refractivity (Wildman–Crippen MR) is 67.6 cm³/mol.